The van der Waals surface area contributed by atoms with Gasteiger partial charge in [-0.3, -0.25) is 9.69 Å². The minimum Gasteiger partial charge on any atom is -0.325 e. The second kappa shape index (κ2) is 7.25. The van der Waals surface area contributed by atoms with E-state index in [9.17, 15) is 4.79 Å². The number of aryl methyl sites for hydroxylation is 1. The number of likely N-dealkylation sites (tertiary alicyclic amines) is 1. The number of piperidine rings is 1. The molecule has 22 heavy (non-hydrogen) atoms. The molecule has 2 N–H and O–H groups in total. The van der Waals surface area contributed by atoms with Crippen LogP contribution in [0.3, 0.4) is 0 Å². The van der Waals surface area contributed by atoms with Crippen LogP contribution in [-0.4, -0.2) is 43.0 Å². The van der Waals surface area contributed by atoms with Gasteiger partial charge >= 0.3 is 0 Å². The molecule has 4 heteroatoms. The number of nitrogens with zero attached hydrogens (tertiary/aromatic N) is 1. The van der Waals surface area contributed by atoms with Crippen LogP contribution in [0, 0.1) is 12.8 Å². The van der Waals surface area contributed by atoms with E-state index in [1.807, 2.05) is 31.2 Å². The Balaban J connectivity index is 1.36. The fourth-order valence-electron chi connectivity index (χ4n) is 2.99. The Labute approximate surface area is 133 Å². The molecule has 0 atom stereocenters. The van der Waals surface area contributed by atoms with Gasteiger partial charge in [0.05, 0.1) is 6.54 Å². The molecule has 4 nitrogen and oxygen atoms in total. The largest absolute Gasteiger partial charge is 0.325 e. The van der Waals surface area contributed by atoms with Crippen molar-refractivity contribution in [2.75, 3.05) is 31.5 Å². The average Bonchev–Trinajstić information content (AvgIpc) is 3.33. The Morgan fingerprint density at radius 3 is 2.45 bits per heavy atom. The van der Waals surface area contributed by atoms with Crippen molar-refractivity contribution in [3.8, 4) is 0 Å². The summed E-state index contributed by atoms with van der Waals surface area (Å²) in [4.78, 5) is 14.4. The van der Waals surface area contributed by atoms with E-state index in [4.69, 9.17) is 0 Å². The molecule has 1 aliphatic heterocycles. The Kier molecular flexibility index (Phi) is 5.11. The Bertz CT molecular complexity index is 488. The van der Waals surface area contributed by atoms with Crippen LogP contribution in [0.25, 0.3) is 0 Å². The molecular weight excluding hydrogens is 274 g/mol. The predicted molar refractivity (Wildman–Crippen MR) is 90.0 cm³/mol. The minimum absolute atomic E-state index is 0.0910. The van der Waals surface area contributed by atoms with Crippen molar-refractivity contribution in [1.29, 1.82) is 0 Å². The van der Waals surface area contributed by atoms with E-state index >= 15 is 0 Å². The zero-order chi connectivity index (χ0) is 15.4. The van der Waals surface area contributed by atoms with Crippen LogP contribution in [0.15, 0.2) is 24.3 Å². The van der Waals surface area contributed by atoms with Crippen LogP contribution in [-0.2, 0) is 4.79 Å². The van der Waals surface area contributed by atoms with Gasteiger partial charge in [0.1, 0.15) is 0 Å². The van der Waals surface area contributed by atoms with Crippen LogP contribution < -0.4 is 10.6 Å². The van der Waals surface area contributed by atoms with Gasteiger partial charge in [0.15, 0.2) is 0 Å². The molecule has 1 aliphatic carbocycles. The molecule has 1 amide bonds. The molecule has 3 rings (SSSR count). The minimum atomic E-state index is 0.0910. The summed E-state index contributed by atoms with van der Waals surface area (Å²) in [5, 5.41) is 6.66. The van der Waals surface area contributed by atoms with E-state index in [0.29, 0.717) is 12.6 Å². The van der Waals surface area contributed by atoms with Gasteiger partial charge < -0.3 is 10.6 Å². The number of anilines is 1. The van der Waals surface area contributed by atoms with Gasteiger partial charge in [0.25, 0.3) is 0 Å². The van der Waals surface area contributed by atoms with Crippen LogP contribution in [0.5, 0.6) is 0 Å². The van der Waals surface area contributed by atoms with Crippen molar-refractivity contribution in [3.05, 3.63) is 29.8 Å². The first-order chi connectivity index (χ1) is 10.7. The molecule has 0 spiro atoms. The van der Waals surface area contributed by atoms with Crippen LogP contribution >= 0.6 is 0 Å². The summed E-state index contributed by atoms with van der Waals surface area (Å²) in [5.41, 5.74) is 2.09. The third-order valence-electron chi connectivity index (χ3n) is 4.68. The predicted octanol–water partition coefficient (Wildman–Crippen LogP) is 2.40. The van der Waals surface area contributed by atoms with Crippen LogP contribution in [0.1, 0.15) is 31.2 Å². The summed E-state index contributed by atoms with van der Waals surface area (Å²) in [6.45, 7) is 5.78. The second-order valence-corrected chi connectivity index (χ2v) is 6.82. The third-order valence-corrected chi connectivity index (χ3v) is 4.68. The highest BCUT2D eigenvalue weighted by atomic mass is 16.2. The number of nitrogens with one attached hydrogen (secondary N) is 2. The number of carbonyl (C=O) groups is 1. The highest BCUT2D eigenvalue weighted by Crippen LogP contribution is 2.28. The van der Waals surface area contributed by atoms with Gasteiger partial charge in [0.2, 0.25) is 5.91 Å². The third kappa shape index (κ3) is 4.82. The average molecular weight is 301 g/mol. The number of rotatable bonds is 6. The number of hydrogen-bond donors (Lipinski definition) is 2. The monoisotopic (exact) mass is 301 g/mol. The summed E-state index contributed by atoms with van der Waals surface area (Å²) in [7, 11) is 0. The van der Waals surface area contributed by atoms with Gasteiger partial charge in [-0.05, 0) is 57.2 Å². The maximum Gasteiger partial charge on any atom is 0.238 e. The summed E-state index contributed by atoms with van der Waals surface area (Å²) in [5.74, 6) is 1.03. The summed E-state index contributed by atoms with van der Waals surface area (Å²) < 4.78 is 0. The molecule has 0 bridgehead atoms. The van der Waals surface area contributed by atoms with Crippen molar-refractivity contribution in [2.45, 2.75) is 38.6 Å². The Hall–Kier alpha value is -1.39. The van der Waals surface area contributed by atoms with E-state index in [2.05, 4.69) is 15.5 Å². The van der Waals surface area contributed by atoms with Gasteiger partial charge in [-0.1, -0.05) is 17.7 Å². The molecule has 1 saturated heterocycles. The van der Waals surface area contributed by atoms with E-state index in [-0.39, 0.29) is 5.91 Å². The lowest BCUT2D eigenvalue weighted by Crippen LogP contribution is -2.45. The lowest BCUT2D eigenvalue weighted by atomic mass is 10.0. The van der Waals surface area contributed by atoms with Gasteiger partial charge in [-0.2, -0.15) is 0 Å². The van der Waals surface area contributed by atoms with E-state index < -0.39 is 0 Å². The molecular formula is C18H27N3O. The highest BCUT2D eigenvalue weighted by molar-refractivity contribution is 5.92. The lowest BCUT2D eigenvalue weighted by molar-refractivity contribution is -0.117. The normalized spacial score (nSPS) is 20.0. The number of amides is 1. The van der Waals surface area contributed by atoms with Crippen molar-refractivity contribution in [1.82, 2.24) is 10.2 Å². The van der Waals surface area contributed by atoms with Crippen molar-refractivity contribution in [3.63, 3.8) is 0 Å². The highest BCUT2D eigenvalue weighted by Gasteiger charge is 2.24. The van der Waals surface area contributed by atoms with Gasteiger partial charge in [0, 0.05) is 24.8 Å². The Morgan fingerprint density at radius 1 is 1.14 bits per heavy atom. The molecule has 1 heterocycles. The van der Waals surface area contributed by atoms with Crippen LogP contribution in [0.2, 0.25) is 0 Å². The quantitative estimate of drug-likeness (QED) is 0.848. The van der Waals surface area contributed by atoms with E-state index in [1.54, 1.807) is 0 Å². The fraction of sp³-hybridized carbons (Fsp3) is 0.611. The maximum atomic E-state index is 12.1. The summed E-state index contributed by atoms with van der Waals surface area (Å²) in [6, 6.07) is 8.61. The molecule has 0 aromatic heterocycles. The Morgan fingerprint density at radius 2 is 1.82 bits per heavy atom. The maximum absolute atomic E-state index is 12.1. The SMILES string of the molecule is Cc1ccc(NC(=O)CN2CCC(NCC3CC3)CC2)cc1. The first kappa shape index (κ1) is 15.5. The smallest absolute Gasteiger partial charge is 0.238 e. The zero-order valence-corrected chi connectivity index (χ0v) is 13.5. The molecule has 2 aliphatic rings. The van der Waals surface area contributed by atoms with Gasteiger partial charge in [-0.25, -0.2) is 0 Å². The van der Waals surface area contributed by atoms with Crippen molar-refractivity contribution in [2.24, 2.45) is 5.92 Å². The topological polar surface area (TPSA) is 44.4 Å². The number of hydrogen-bond acceptors (Lipinski definition) is 3. The van der Waals surface area contributed by atoms with E-state index in [1.165, 1.54) is 24.9 Å². The van der Waals surface area contributed by atoms with Crippen molar-refractivity contribution >= 4 is 11.6 Å². The summed E-state index contributed by atoms with van der Waals surface area (Å²) in [6.07, 6.45) is 5.13. The molecule has 2 fully saturated rings. The molecule has 1 aromatic carbocycles. The number of carbonyl (C=O) groups excluding carboxylic acids is 1. The summed E-state index contributed by atoms with van der Waals surface area (Å²) >= 11 is 0. The second-order valence-electron chi connectivity index (χ2n) is 6.82. The number of benzene rings is 1. The molecule has 1 saturated carbocycles. The van der Waals surface area contributed by atoms with Crippen molar-refractivity contribution < 1.29 is 4.79 Å². The molecule has 120 valence electrons. The first-order valence-corrected chi connectivity index (χ1v) is 8.51. The zero-order valence-electron chi connectivity index (χ0n) is 13.5. The fourth-order valence-corrected chi connectivity index (χ4v) is 2.99. The van der Waals surface area contributed by atoms with E-state index in [0.717, 1.165) is 37.5 Å². The van der Waals surface area contributed by atoms with Crippen LogP contribution in [0.4, 0.5) is 5.69 Å². The molecule has 0 radical (unpaired) electrons. The van der Waals surface area contributed by atoms with Gasteiger partial charge in [-0.15, -0.1) is 0 Å². The lowest BCUT2D eigenvalue weighted by Gasteiger charge is -2.32. The molecule has 1 aromatic rings. The first-order valence-electron chi connectivity index (χ1n) is 8.51. The standard InChI is InChI=1S/C18H27N3O/c1-14-2-6-17(7-3-14)20-18(22)13-21-10-8-16(9-11-21)19-12-15-4-5-15/h2-3,6-7,15-16,19H,4-5,8-13H2,1H3,(H,20,22). The molecule has 0 unspecified atom stereocenters.